The molecule has 1 aromatic heterocycles. The van der Waals surface area contributed by atoms with E-state index in [2.05, 4.69) is 9.97 Å². The van der Waals surface area contributed by atoms with Crippen LogP contribution in [0.4, 0.5) is 4.39 Å². The number of ketones is 1. The van der Waals surface area contributed by atoms with Gasteiger partial charge in [0.15, 0.2) is 0 Å². The van der Waals surface area contributed by atoms with Gasteiger partial charge in [0.05, 0.1) is 12.1 Å². The molecule has 0 atom stereocenters. The Morgan fingerprint density at radius 3 is 2.59 bits per heavy atom. The van der Waals surface area contributed by atoms with E-state index in [1.54, 1.807) is 24.4 Å². The zero-order valence-corrected chi connectivity index (χ0v) is 9.35. The Kier molecular flexibility index (Phi) is 3.23. The summed E-state index contributed by atoms with van der Waals surface area (Å²) in [6.07, 6.45) is 1.82. The summed E-state index contributed by atoms with van der Waals surface area (Å²) in [6.45, 7) is 1.49. The summed E-state index contributed by atoms with van der Waals surface area (Å²) in [4.78, 5) is 19.3. The number of carbonyl (C=O) groups excluding carboxylic acids is 1. The van der Waals surface area contributed by atoms with Crippen LogP contribution in [0.2, 0.25) is 0 Å². The normalized spacial score (nSPS) is 10.2. The van der Waals surface area contributed by atoms with Crippen molar-refractivity contribution in [3.8, 4) is 11.3 Å². The van der Waals surface area contributed by atoms with Gasteiger partial charge < -0.3 is 0 Å². The minimum Gasteiger partial charge on any atom is -0.300 e. The van der Waals surface area contributed by atoms with Crippen molar-refractivity contribution in [2.45, 2.75) is 13.3 Å². The monoisotopic (exact) mass is 230 g/mol. The van der Waals surface area contributed by atoms with Crippen molar-refractivity contribution in [2.24, 2.45) is 0 Å². The number of aromatic nitrogens is 2. The summed E-state index contributed by atoms with van der Waals surface area (Å²) in [7, 11) is 0. The minimum atomic E-state index is -0.285. The largest absolute Gasteiger partial charge is 0.300 e. The molecule has 0 bridgehead atoms. The number of halogens is 1. The lowest BCUT2D eigenvalue weighted by Crippen LogP contribution is -2.02. The number of carbonyl (C=O) groups is 1. The van der Waals surface area contributed by atoms with Crippen molar-refractivity contribution in [3.05, 3.63) is 48.2 Å². The van der Waals surface area contributed by atoms with E-state index in [9.17, 15) is 9.18 Å². The molecule has 0 aliphatic carbocycles. The third kappa shape index (κ3) is 2.93. The van der Waals surface area contributed by atoms with Gasteiger partial charge in [-0.3, -0.25) is 4.79 Å². The van der Waals surface area contributed by atoms with Crippen LogP contribution in [0.1, 0.15) is 12.7 Å². The van der Waals surface area contributed by atoms with Crippen LogP contribution in [-0.2, 0) is 11.2 Å². The summed E-state index contributed by atoms with van der Waals surface area (Å²) >= 11 is 0. The molecule has 2 aromatic rings. The lowest BCUT2D eigenvalue weighted by atomic mass is 10.1. The van der Waals surface area contributed by atoms with Gasteiger partial charge in [0.1, 0.15) is 17.4 Å². The molecule has 0 saturated heterocycles. The van der Waals surface area contributed by atoms with E-state index in [4.69, 9.17) is 0 Å². The molecule has 1 aromatic carbocycles. The van der Waals surface area contributed by atoms with Crippen LogP contribution < -0.4 is 0 Å². The molecule has 17 heavy (non-hydrogen) atoms. The fraction of sp³-hybridized carbons (Fsp3) is 0.154. The van der Waals surface area contributed by atoms with Crippen molar-refractivity contribution in [1.82, 2.24) is 9.97 Å². The van der Waals surface area contributed by atoms with Crippen molar-refractivity contribution in [1.29, 1.82) is 0 Å². The van der Waals surface area contributed by atoms with Crippen LogP contribution in [0, 0.1) is 5.82 Å². The number of nitrogens with zero attached hydrogens (tertiary/aromatic N) is 2. The quantitative estimate of drug-likeness (QED) is 0.813. The van der Waals surface area contributed by atoms with Crippen molar-refractivity contribution in [3.63, 3.8) is 0 Å². The highest BCUT2D eigenvalue weighted by Gasteiger charge is 2.04. The van der Waals surface area contributed by atoms with Crippen LogP contribution in [-0.4, -0.2) is 15.8 Å². The molecular formula is C13H11FN2O. The van der Waals surface area contributed by atoms with E-state index < -0.39 is 0 Å². The van der Waals surface area contributed by atoms with Gasteiger partial charge in [-0.2, -0.15) is 0 Å². The van der Waals surface area contributed by atoms with Crippen molar-refractivity contribution in [2.75, 3.05) is 0 Å². The molecular weight excluding hydrogens is 219 g/mol. The van der Waals surface area contributed by atoms with Gasteiger partial charge >= 0.3 is 0 Å². The molecule has 0 fully saturated rings. The van der Waals surface area contributed by atoms with E-state index in [-0.39, 0.29) is 18.0 Å². The fourth-order valence-corrected chi connectivity index (χ4v) is 1.49. The predicted molar refractivity (Wildman–Crippen MR) is 61.8 cm³/mol. The second-order valence-electron chi connectivity index (χ2n) is 3.74. The first kappa shape index (κ1) is 11.4. The summed E-state index contributed by atoms with van der Waals surface area (Å²) < 4.78 is 12.8. The van der Waals surface area contributed by atoms with Crippen LogP contribution in [0.5, 0.6) is 0 Å². The second kappa shape index (κ2) is 4.82. The van der Waals surface area contributed by atoms with E-state index in [1.165, 1.54) is 19.1 Å². The molecule has 0 aliphatic rings. The Hall–Kier alpha value is -2.10. The number of rotatable bonds is 3. The SMILES string of the molecule is CC(=O)Cc1nccc(-c2ccc(F)cc2)n1. The van der Waals surface area contributed by atoms with Gasteiger partial charge in [-0.1, -0.05) is 0 Å². The van der Waals surface area contributed by atoms with Gasteiger partial charge in [0.25, 0.3) is 0 Å². The highest BCUT2D eigenvalue weighted by atomic mass is 19.1. The smallest absolute Gasteiger partial charge is 0.137 e. The molecule has 0 N–H and O–H groups in total. The Morgan fingerprint density at radius 2 is 1.94 bits per heavy atom. The number of Topliss-reactive ketones (excluding diaryl/α,β-unsaturated/α-hetero) is 1. The predicted octanol–water partition coefficient (Wildman–Crippen LogP) is 2.41. The highest BCUT2D eigenvalue weighted by molar-refractivity contribution is 5.77. The summed E-state index contributed by atoms with van der Waals surface area (Å²) in [5.74, 6) is 0.215. The van der Waals surface area contributed by atoms with Crippen LogP contribution in [0.15, 0.2) is 36.5 Å². The van der Waals surface area contributed by atoms with Gasteiger partial charge in [0.2, 0.25) is 0 Å². The van der Waals surface area contributed by atoms with Gasteiger partial charge in [-0.05, 0) is 37.3 Å². The molecule has 1 heterocycles. The molecule has 0 saturated carbocycles. The Labute approximate surface area is 98.3 Å². The molecule has 86 valence electrons. The van der Waals surface area contributed by atoms with E-state index >= 15 is 0 Å². The zero-order chi connectivity index (χ0) is 12.3. The fourth-order valence-electron chi connectivity index (χ4n) is 1.49. The molecule has 0 aliphatic heterocycles. The minimum absolute atomic E-state index is 0.0151. The molecule has 2 rings (SSSR count). The third-order valence-electron chi connectivity index (χ3n) is 2.25. The highest BCUT2D eigenvalue weighted by Crippen LogP contribution is 2.16. The molecule has 0 spiro atoms. The first-order valence-corrected chi connectivity index (χ1v) is 5.22. The van der Waals surface area contributed by atoms with Crippen LogP contribution in [0.25, 0.3) is 11.3 Å². The van der Waals surface area contributed by atoms with Crippen LogP contribution >= 0.6 is 0 Å². The first-order chi connectivity index (χ1) is 8.15. The first-order valence-electron chi connectivity index (χ1n) is 5.22. The van der Waals surface area contributed by atoms with Gasteiger partial charge in [-0.25, -0.2) is 14.4 Å². The van der Waals surface area contributed by atoms with Gasteiger partial charge in [-0.15, -0.1) is 0 Å². The second-order valence-corrected chi connectivity index (χ2v) is 3.74. The van der Waals surface area contributed by atoms with Gasteiger partial charge in [0, 0.05) is 11.8 Å². The number of hydrogen-bond donors (Lipinski definition) is 0. The maximum atomic E-state index is 12.8. The van der Waals surface area contributed by atoms with E-state index in [0.717, 1.165) is 5.56 Å². The molecule has 4 heteroatoms. The topological polar surface area (TPSA) is 42.9 Å². The maximum Gasteiger partial charge on any atom is 0.137 e. The Bertz CT molecular complexity index is 537. The molecule has 0 unspecified atom stereocenters. The van der Waals surface area contributed by atoms with E-state index in [1.807, 2.05) is 0 Å². The van der Waals surface area contributed by atoms with Crippen LogP contribution in [0.3, 0.4) is 0 Å². The summed E-state index contributed by atoms with van der Waals surface area (Å²) in [5, 5.41) is 0. The zero-order valence-electron chi connectivity index (χ0n) is 9.35. The Balaban J connectivity index is 2.32. The number of hydrogen-bond acceptors (Lipinski definition) is 3. The average molecular weight is 230 g/mol. The average Bonchev–Trinajstić information content (AvgIpc) is 2.29. The Morgan fingerprint density at radius 1 is 1.24 bits per heavy atom. The lowest BCUT2D eigenvalue weighted by molar-refractivity contribution is -0.116. The van der Waals surface area contributed by atoms with Crippen molar-refractivity contribution < 1.29 is 9.18 Å². The summed E-state index contributed by atoms with van der Waals surface area (Å²) in [6, 6.07) is 7.78. The standard InChI is InChI=1S/C13H11FN2O/c1-9(17)8-13-15-7-6-12(16-13)10-2-4-11(14)5-3-10/h2-7H,8H2,1H3. The van der Waals surface area contributed by atoms with Crippen molar-refractivity contribution >= 4 is 5.78 Å². The molecule has 0 amide bonds. The lowest BCUT2D eigenvalue weighted by Gasteiger charge is -2.02. The number of benzene rings is 1. The molecule has 3 nitrogen and oxygen atoms in total. The molecule has 0 radical (unpaired) electrons. The van der Waals surface area contributed by atoms with E-state index in [0.29, 0.717) is 11.5 Å². The summed E-state index contributed by atoms with van der Waals surface area (Å²) in [5.41, 5.74) is 1.50. The maximum absolute atomic E-state index is 12.8. The third-order valence-corrected chi connectivity index (χ3v) is 2.25.